The first kappa shape index (κ1) is 22.4. The molecule has 2 heteroatoms. The van der Waals surface area contributed by atoms with Crippen molar-refractivity contribution in [3.8, 4) is 0 Å². The summed E-state index contributed by atoms with van der Waals surface area (Å²) in [7, 11) is 0. The van der Waals surface area contributed by atoms with Gasteiger partial charge >= 0.3 is 0 Å². The van der Waals surface area contributed by atoms with Crippen molar-refractivity contribution in [1.82, 2.24) is 0 Å². The van der Waals surface area contributed by atoms with Gasteiger partial charge in [-0.25, -0.2) is 0 Å². The molecule has 1 aliphatic heterocycles. The Labute approximate surface area is 197 Å². The summed E-state index contributed by atoms with van der Waals surface area (Å²) in [6, 6.07) is 0. The van der Waals surface area contributed by atoms with E-state index in [-0.39, 0.29) is 11.5 Å². The molecule has 2 bridgehead atoms. The number of hydrogen-bond donors (Lipinski definition) is 1. The van der Waals surface area contributed by atoms with Gasteiger partial charge in [-0.3, -0.25) is 0 Å². The quantitative estimate of drug-likeness (QED) is 0.428. The number of hydrogen-bond acceptors (Lipinski definition) is 2. The van der Waals surface area contributed by atoms with Gasteiger partial charge in [0.1, 0.15) is 0 Å². The SMILES string of the molecule is CC1(C)CC[C@]23CC[C@]4(C)C(CC[C@@H]5[C@@]6(C)CC[C@H](O)C(C)(C)[C@@H]6CC[C@]54C)C2[C@H]1OC3. The first-order valence-electron chi connectivity index (χ1n) is 14.1. The van der Waals surface area contributed by atoms with Crippen molar-refractivity contribution in [2.45, 2.75) is 125 Å². The highest BCUT2D eigenvalue weighted by Crippen LogP contribution is 2.78. The van der Waals surface area contributed by atoms with Gasteiger partial charge in [0, 0.05) is 0 Å². The average Bonchev–Trinajstić information content (AvgIpc) is 3.05. The Morgan fingerprint density at radius 3 is 2.16 bits per heavy atom. The van der Waals surface area contributed by atoms with Crippen molar-refractivity contribution in [3.63, 3.8) is 0 Å². The lowest BCUT2D eigenvalue weighted by Gasteiger charge is -2.73. The van der Waals surface area contributed by atoms with Crippen molar-refractivity contribution in [3.05, 3.63) is 0 Å². The number of ether oxygens (including phenoxy) is 1. The summed E-state index contributed by atoms with van der Waals surface area (Å²) in [5, 5.41) is 10.9. The zero-order valence-corrected chi connectivity index (χ0v) is 22.1. The minimum Gasteiger partial charge on any atom is -0.393 e. The Morgan fingerprint density at radius 1 is 0.688 bits per heavy atom. The monoisotopic (exact) mass is 442 g/mol. The Balaban J connectivity index is 1.39. The third-order valence-corrected chi connectivity index (χ3v) is 14.1. The smallest absolute Gasteiger partial charge is 0.0663 e. The van der Waals surface area contributed by atoms with Crippen LogP contribution in [0.1, 0.15) is 113 Å². The standard InChI is InChI=1S/C30H50O2/c1-25(2)14-16-30-17-15-28(6)19(23(30)24(25)32-18-30)8-9-21-27(5)12-11-22(31)26(3,4)20(27)10-13-29(21,28)7/h19-24,31H,8-18H2,1-7H3/t19?,20-,21+,22-,23?,24+,27-,28+,29+,30+/m0/s1. The number of rotatable bonds is 0. The summed E-state index contributed by atoms with van der Waals surface area (Å²) in [5.74, 6) is 3.11. The molecule has 0 aromatic heterocycles. The molecule has 6 aliphatic rings. The Bertz CT molecular complexity index is 801. The van der Waals surface area contributed by atoms with Crippen LogP contribution < -0.4 is 0 Å². The molecule has 2 unspecified atom stereocenters. The topological polar surface area (TPSA) is 29.5 Å². The van der Waals surface area contributed by atoms with Crippen LogP contribution in [0.15, 0.2) is 0 Å². The van der Waals surface area contributed by atoms with Gasteiger partial charge in [0.15, 0.2) is 0 Å². The van der Waals surface area contributed by atoms with Gasteiger partial charge in [0.2, 0.25) is 0 Å². The predicted molar refractivity (Wildman–Crippen MR) is 130 cm³/mol. The first-order chi connectivity index (χ1) is 14.8. The number of aliphatic hydroxyl groups excluding tert-OH is 1. The predicted octanol–water partition coefficient (Wildman–Crippen LogP) is 7.24. The normalized spacial score (nSPS) is 60.0. The highest BCUT2D eigenvalue weighted by molar-refractivity contribution is 5.21. The molecule has 5 aliphatic carbocycles. The van der Waals surface area contributed by atoms with Crippen LogP contribution in [0.4, 0.5) is 0 Å². The zero-order chi connectivity index (χ0) is 22.9. The van der Waals surface area contributed by atoms with Crippen molar-refractivity contribution >= 4 is 0 Å². The summed E-state index contributed by atoms with van der Waals surface area (Å²) in [4.78, 5) is 0. The summed E-state index contributed by atoms with van der Waals surface area (Å²) in [6.45, 7) is 18.9. The van der Waals surface area contributed by atoms with Gasteiger partial charge < -0.3 is 9.84 Å². The number of aliphatic hydroxyl groups is 1. The van der Waals surface area contributed by atoms with E-state index in [2.05, 4.69) is 48.5 Å². The summed E-state index contributed by atoms with van der Waals surface area (Å²) in [6.07, 6.45) is 13.7. The fourth-order valence-electron chi connectivity index (χ4n) is 12.0. The molecule has 0 amide bonds. The van der Waals surface area contributed by atoms with E-state index < -0.39 is 0 Å². The lowest BCUT2D eigenvalue weighted by atomic mass is 9.31. The van der Waals surface area contributed by atoms with E-state index in [1.54, 1.807) is 0 Å². The van der Waals surface area contributed by atoms with Crippen molar-refractivity contribution in [2.75, 3.05) is 6.61 Å². The molecule has 0 aromatic rings. The molecular formula is C30H50O2. The molecule has 0 aromatic carbocycles. The maximum absolute atomic E-state index is 10.9. The van der Waals surface area contributed by atoms with Crippen LogP contribution in [0.25, 0.3) is 0 Å². The van der Waals surface area contributed by atoms with Crippen molar-refractivity contribution in [2.24, 2.45) is 56.2 Å². The van der Waals surface area contributed by atoms with Crippen LogP contribution in [0.3, 0.4) is 0 Å². The van der Waals surface area contributed by atoms with Gasteiger partial charge in [0.05, 0.1) is 18.8 Å². The lowest BCUT2D eigenvalue weighted by molar-refractivity contribution is -0.252. The molecular weight excluding hydrogens is 392 g/mol. The van der Waals surface area contributed by atoms with E-state index >= 15 is 0 Å². The van der Waals surface area contributed by atoms with Gasteiger partial charge in [-0.15, -0.1) is 0 Å². The molecule has 0 spiro atoms. The molecule has 6 rings (SSSR count). The second-order valence-electron chi connectivity index (χ2n) is 15.7. The maximum Gasteiger partial charge on any atom is 0.0663 e. The van der Waals surface area contributed by atoms with E-state index in [9.17, 15) is 5.11 Å². The third kappa shape index (κ3) is 2.41. The Kier molecular flexibility index (Phi) is 4.46. The molecule has 32 heavy (non-hydrogen) atoms. The van der Waals surface area contributed by atoms with E-state index in [1.807, 2.05) is 0 Å². The van der Waals surface area contributed by atoms with E-state index in [4.69, 9.17) is 4.74 Å². The highest BCUT2D eigenvalue weighted by Gasteiger charge is 2.72. The van der Waals surface area contributed by atoms with Crippen LogP contribution in [-0.2, 0) is 4.74 Å². The summed E-state index contributed by atoms with van der Waals surface area (Å²) < 4.78 is 6.71. The maximum atomic E-state index is 10.9. The van der Waals surface area contributed by atoms with Gasteiger partial charge in [0.25, 0.3) is 0 Å². The fraction of sp³-hybridized carbons (Fsp3) is 1.00. The van der Waals surface area contributed by atoms with Crippen molar-refractivity contribution in [1.29, 1.82) is 0 Å². The highest BCUT2D eigenvalue weighted by atomic mass is 16.5. The third-order valence-electron chi connectivity index (χ3n) is 14.1. The van der Waals surface area contributed by atoms with Crippen LogP contribution in [0.5, 0.6) is 0 Å². The minimum atomic E-state index is -0.122. The second kappa shape index (κ2) is 6.37. The molecule has 5 saturated carbocycles. The van der Waals surface area contributed by atoms with Gasteiger partial charge in [-0.2, -0.15) is 0 Å². The van der Waals surface area contributed by atoms with Crippen LogP contribution in [-0.4, -0.2) is 23.9 Å². The van der Waals surface area contributed by atoms with Gasteiger partial charge in [-0.1, -0.05) is 48.5 Å². The van der Waals surface area contributed by atoms with Crippen LogP contribution in [0.2, 0.25) is 0 Å². The molecule has 1 heterocycles. The molecule has 182 valence electrons. The summed E-state index contributed by atoms with van der Waals surface area (Å²) in [5.41, 5.74) is 2.16. The van der Waals surface area contributed by atoms with Crippen molar-refractivity contribution < 1.29 is 9.84 Å². The Hall–Kier alpha value is -0.0800. The van der Waals surface area contributed by atoms with Gasteiger partial charge in [-0.05, 0) is 120 Å². The van der Waals surface area contributed by atoms with E-state index in [0.717, 1.165) is 30.8 Å². The lowest BCUT2D eigenvalue weighted by Crippen LogP contribution is -2.67. The Morgan fingerprint density at radius 2 is 1.41 bits per heavy atom. The molecule has 2 nitrogen and oxygen atoms in total. The molecule has 10 atom stereocenters. The van der Waals surface area contributed by atoms with E-state index in [0.29, 0.717) is 39.1 Å². The molecule has 1 saturated heterocycles. The first-order valence-corrected chi connectivity index (χ1v) is 14.1. The number of fused-ring (bicyclic) bond motifs is 5. The largest absolute Gasteiger partial charge is 0.393 e. The van der Waals surface area contributed by atoms with Crippen LogP contribution in [0, 0.1) is 56.2 Å². The summed E-state index contributed by atoms with van der Waals surface area (Å²) >= 11 is 0. The van der Waals surface area contributed by atoms with E-state index in [1.165, 1.54) is 57.8 Å². The molecule has 0 radical (unpaired) electrons. The molecule has 6 fully saturated rings. The fourth-order valence-corrected chi connectivity index (χ4v) is 12.0. The minimum absolute atomic E-state index is 0.0586. The zero-order valence-electron chi connectivity index (χ0n) is 22.1. The molecule has 1 N–H and O–H groups in total. The van der Waals surface area contributed by atoms with Crippen LogP contribution >= 0.6 is 0 Å². The average molecular weight is 443 g/mol. The second-order valence-corrected chi connectivity index (χ2v) is 15.7.